The number of carbonyl (C=O) groups excluding carboxylic acids is 1. The summed E-state index contributed by atoms with van der Waals surface area (Å²) in [5, 5.41) is 0. The smallest absolute Gasteiger partial charge is 0.445 e. The van der Waals surface area contributed by atoms with Crippen LogP contribution in [0.25, 0.3) is 0 Å². The summed E-state index contributed by atoms with van der Waals surface area (Å²) < 4.78 is 78.0. The highest BCUT2D eigenvalue weighted by molar-refractivity contribution is 14.1. The van der Waals surface area contributed by atoms with Crippen molar-refractivity contribution in [1.29, 1.82) is 0 Å². The van der Waals surface area contributed by atoms with Crippen molar-refractivity contribution in [1.82, 2.24) is 0 Å². The van der Waals surface area contributed by atoms with E-state index in [0.29, 0.717) is 4.47 Å². The summed E-state index contributed by atoms with van der Waals surface area (Å²) >= 11 is 4.27. The summed E-state index contributed by atoms with van der Waals surface area (Å²) in [7, 11) is 0. The highest BCUT2D eigenvalue weighted by Crippen LogP contribution is 2.36. The lowest BCUT2D eigenvalue weighted by Crippen LogP contribution is -2.27. The summed E-state index contributed by atoms with van der Waals surface area (Å²) in [5.41, 5.74) is -0.0225. The summed E-state index contributed by atoms with van der Waals surface area (Å²) in [6, 6.07) is 5.31. The van der Waals surface area contributed by atoms with E-state index in [4.69, 9.17) is 0 Å². The molecule has 10 heteroatoms. The van der Waals surface area contributed by atoms with Gasteiger partial charge in [-0.15, -0.1) is 0 Å². The highest BCUT2D eigenvalue weighted by atomic mass is 127. The molecular formula is C12H6BrF6IO2. The van der Waals surface area contributed by atoms with E-state index in [2.05, 4.69) is 20.7 Å². The van der Waals surface area contributed by atoms with Gasteiger partial charge in [0.05, 0.1) is 0 Å². The van der Waals surface area contributed by atoms with Crippen LogP contribution >= 0.6 is 38.5 Å². The van der Waals surface area contributed by atoms with Crippen LogP contribution in [0.5, 0.6) is 0 Å². The minimum atomic E-state index is -5.30. The quantitative estimate of drug-likeness (QED) is 0.311. The van der Waals surface area contributed by atoms with Crippen molar-refractivity contribution >= 4 is 44.5 Å². The summed E-state index contributed by atoms with van der Waals surface area (Å²) in [6.07, 6.45) is -12.1. The highest BCUT2D eigenvalue weighted by Gasteiger charge is 2.43. The van der Waals surface area contributed by atoms with Crippen molar-refractivity contribution in [2.24, 2.45) is 0 Å². The number of hydrogen-bond acceptors (Lipinski definition) is 2. The van der Waals surface area contributed by atoms with E-state index in [9.17, 15) is 31.1 Å². The summed E-state index contributed by atoms with van der Waals surface area (Å²) in [6.45, 7) is 0. The Bertz CT molecular complexity index is 564. The number of benzene rings is 1. The molecule has 2 nitrogen and oxygen atoms in total. The Morgan fingerprint density at radius 1 is 1.14 bits per heavy atom. The van der Waals surface area contributed by atoms with Crippen molar-refractivity contribution in [2.75, 3.05) is 0 Å². The van der Waals surface area contributed by atoms with Crippen LogP contribution in [0.15, 0.2) is 38.4 Å². The van der Waals surface area contributed by atoms with Gasteiger partial charge in [0.15, 0.2) is 6.10 Å². The molecule has 0 fully saturated rings. The van der Waals surface area contributed by atoms with E-state index in [-0.39, 0.29) is 11.6 Å². The second-order valence-electron chi connectivity index (χ2n) is 3.91. The van der Waals surface area contributed by atoms with E-state index in [1.807, 2.05) is 0 Å². The predicted molar refractivity (Wildman–Crippen MR) is 77.2 cm³/mol. The molecule has 0 aliphatic carbocycles. The van der Waals surface area contributed by atoms with Gasteiger partial charge in [0.25, 0.3) is 0 Å². The third-order valence-electron chi connectivity index (χ3n) is 2.18. The van der Waals surface area contributed by atoms with Crippen molar-refractivity contribution < 1.29 is 35.9 Å². The standard InChI is InChI=1S/C12H6BrF6IO2/c13-7-3-1-6(2-4-7)9(8(20)5-11(14,15)16)22-10(21)12(17,18)19/h1-5,9H/b8-5-. The third-order valence-corrected chi connectivity index (χ3v) is 3.59. The van der Waals surface area contributed by atoms with E-state index < -0.39 is 28.0 Å². The molecule has 1 aromatic rings. The van der Waals surface area contributed by atoms with Gasteiger partial charge in [-0.1, -0.05) is 28.1 Å². The molecule has 1 unspecified atom stereocenters. The molecule has 0 bridgehead atoms. The molecule has 22 heavy (non-hydrogen) atoms. The van der Waals surface area contributed by atoms with Gasteiger partial charge >= 0.3 is 18.3 Å². The Kier molecular flexibility index (Phi) is 6.30. The van der Waals surface area contributed by atoms with Gasteiger partial charge in [0, 0.05) is 14.1 Å². The number of halogens is 8. The van der Waals surface area contributed by atoms with Crippen molar-refractivity contribution in [3.8, 4) is 0 Å². The first-order chi connectivity index (χ1) is 9.90. The topological polar surface area (TPSA) is 26.3 Å². The van der Waals surface area contributed by atoms with Crippen LogP contribution in [0.1, 0.15) is 11.7 Å². The van der Waals surface area contributed by atoms with Crippen LogP contribution in [-0.2, 0) is 9.53 Å². The van der Waals surface area contributed by atoms with E-state index >= 15 is 0 Å². The molecule has 0 N–H and O–H groups in total. The molecule has 0 aliphatic heterocycles. The average molecular weight is 503 g/mol. The van der Waals surface area contributed by atoms with E-state index in [0.717, 1.165) is 0 Å². The lowest BCUT2D eigenvalue weighted by atomic mass is 10.1. The van der Waals surface area contributed by atoms with Crippen LogP contribution in [0.2, 0.25) is 0 Å². The predicted octanol–water partition coefficient (Wildman–Crippen LogP) is 5.48. The number of rotatable bonds is 3. The molecule has 122 valence electrons. The molecule has 0 amide bonds. The zero-order chi connectivity index (χ0) is 17.1. The van der Waals surface area contributed by atoms with Crippen LogP contribution in [-0.4, -0.2) is 18.3 Å². The molecule has 0 heterocycles. The van der Waals surface area contributed by atoms with Gasteiger partial charge in [-0.05, 0) is 40.3 Å². The van der Waals surface area contributed by atoms with Gasteiger partial charge in [0.2, 0.25) is 0 Å². The maximum absolute atomic E-state index is 12.4. The number of ether oxygens (including phenoxy) is 1. The van der Waals surface area contributed by atoms with Gasteiger partial charge in [-0.2, -0.15) is 26.3 Å². The zero-order valence-electron chi connectivity index (χ0n) is 10.3. The third kappa shape index (κ3) is 6.15. The number of esters is 1. The number of carbonyl (C=O) groups is 1. The number of alkyl halides is 6. The van der Waals surface area contributed by atoms with Crippen molar-refractivity contribution in [3.63, 3.8) is 0 Å². The molecule has 0 saturated heterocycles. The molecule has 1 aromatic carbocycles. The Hall–Kier alpha value is -0.780. The Morgan fingerprint density at radius 2 is 1.64 bits per heavy atom. The van der Waals surface area contributed by atoms with Gasteiger partial charge < -0.3 is 4.74 Å². The Balaban J connectivity index is 3.18. The zero-order valence-corrected chi connectivity index (χ0v) is 14.0. The monoisotopic (exact) mass is 502 g/mol. The maximum Gasteiger partial charge on any atom is 0.490 e. The average Bonchev–Trinajstić information content (AvgIpc) is 2.33. The SMILES string of the molecule is O=C(OC(/C(I)=C/C(F)(F)F)c1ccc(Br)cc1)C(F)(F)F. The number of allylic oxidation sites excluding steroid dienone is 1. The van der Waals surface area contributed by atoms with Crippen LogP contribution in [0.4, 0.5) is 26.3 Å². The maximum atomic E-state index is 12.4. The first kappa shape index (κ1) is 19.3. The van der Waals surface area contributed by atoms with Crippen LogP contribution in [0.3, 0.4) is 0 Å². The Labute approximate surface area is 142 Å². The molecule has 1 atom stereocenters. The van der Waals surface area contributed by atoms with Crippen molar-refractivity contribution in [2.45, 2.75) is 18.5 Å². The van der Waals surface area contributed by atoms with Crippen LogP contribution in [0, 0.1) is 0 Å². The van der Waals surface area contributed by atoms with Crippen LogP contribution < -0.4 is 0 Å². The largest absolute Gasteiger partial charge is 0.490 e. The molecule has 0 radical (unpaired) electrons. The molecule has 0 aromatic heterocycles. The van der Waals surface area contributed by atoms with Gasteiger partial charge in [-0.3, -0.25) is 0 Å². The lowest BCUT2D eigenvalue weighted by Gasteiger charge is -2.19. The summed E-state index contributed by atoms with van der Waals surface area (Å²) in [5.74, 6) is -2.56. The normalized spacial score (nSPS) is 14.6. The fourth-order valence-corrected chi connectivity index (χ4v) is 2.43. The summed E-state index contributed by atoms with van der Waals surface area (Å²) in [4.78, 5) is 10.9. The van der Waals surface area contributed by atoms with Crippen molar-refractivity contribution in [3.05, 3.63) is 44.0 Å². The molecule has 1 rings (SSSR count). The molecular weight excluding hydrogens is 497 g/mol. The minimum absolute atomic E-state index is 0.0225. The van der Waals surface area contributed by atoms with Gasteiger partial charge in [0.1, 0.15) is 0 Å². The second-order valence-corrected chi connectivity index (χ2v) is 6.07. The fourth-order valence-electron chi connectivity index (χ4n) is 1.33. The van der Waals surface area contributed by atoms with E-state index in [1.165, 1.54) is 46.9 Å². The number of hydrogen-bond donors (Lipinski definition) is 0. The Morgan fingerprint density at radius 3 is 2.05 bits per heavy atom. The minimum Gasteiger partial charge on any atom is -0.445 e. The molecule has 0 spiro atoms. The lowest BCUT2D eigenvalue weighted by molar-refractivity contribution is -0.203. The van der Waals surface area contributed by atoms with Gasteiger partial charge in [-0.25, -0.2) is 4.79 Å². The molecule has 0 aliphatic rings. The first-order valence-corrected chi connectivity index (χ1v) is 7.25. The fraction of sp³-hybridized carbons (Fsp3) is 0.250. The van der Waals surface area contributed by atoms with E-state index in [1.54, 1.807) is 0 Å². The second kappa shape index (κ2) is 7.20. The first-order valence-electron chi connectivity index (χ1n) is 5.38. The molecule has 0 saturated carbocycles.